The van der Waals surface area contributed by atoms with E-state index in [0.717, 1.165) is 0 Å². The average Bonchev–Trinajstić information content (AvgIpc) is 2.43. The van der Waals surface area contributed by atoms with Gasteiger partial charge in [0.1, 0.15) is 0 Å². The first-order valence-electron chi connectivity index (χ1n) is 4.50. The molecule has 1 aromatic rings. The van der Waals surface area contributed by atoms with Gasteiger partial charge in [-0.15, -0.1) is 5.10 Å². The van der Waals surface area contributed by atoms with E-state index in [-0.39, 0.29) is 11.7 Å². The summed E-state index contributed by atoms with van der Waals surface area (Å²) in [4.78, 5) is 11.3. The van der Waals surface area contributed by atoms with Gasteiger partial charge in [0.15, 0.2) is 5.16 Å². The van der Waals surface area contributed by atoms with E-state index in [2.05, 4.69) is 10.2 Å². The number of thioether (sulfide) groups is 1. The van der Waals surface area contributed by atoms with Gasteiger partial charge in [0.2, 0.25) is 0 Å². The molecular weight excluding hydrogens is 202 g/mol. The predicted octanol–water partition coefficient (Wildman–Crippen LogP) is 0.625. The summed E-state index contributed by atoms with van der Waals surface area (Å²) >= 11 is 1.37. The monoisotopic (exact) mass is 217 g/mol. The number of nitrogens with zero attached hydrogens (tertiary/aromatic N) is 2. The Morgan fingerprint density at radius 3 is 2.71 bits per heavy atom. The lowest BCUT2D eigenvalue weighted by Gasteiger charge is -2.08. The lowest BCUT2D eigenvalue weighted by Crippen LogP contribution is -2.19. The van der Waals surface area contributed by atoms with E-state index >= 15 is 0 Å². The Balaban J connectivity index is 2.81. The van der Waals surface area contributed by atoms with Crippen LogP contribution in [0, 0.1) is 0 Å². The second-order valence-electron chi connectivity index (χ2n) is 3.44. The van der Waals surface area contributed by atoms with Gasteiger partial charge in [0.05, 0.1) is 6.10 Å². The van der Waals surface area contributed by atoms with Crippen molar-refractivity contribution < 1.29 is 5.11 Å². The lowest BCUT2D eigenvalue weighted by atomic mass is 10.4. The van der Waals surface area contributed by atoms with Crippen molar-refractivity contribution in [1.29, 1.82) is 0 Å². The van der Waals surface area contributed by atoms with Crippen molar-refractivity contribution >= 4 is 11.8 Å². The molecule has 6 heteroatoms. The quantitative estimate of drug-likeness (QED) is 0.725. The van der Waals surface area contributed by atoms with E-state index in [9.17, 15) is 4.79 Å². The second-order valence-corrected chi connectivity index (χ2v) is 4.42. The number of nitrogens with one attached hydrogen (secondary N) is 1. The van der Waals surface area contributed by atoms with Crippen LogP contribution in [0.2, 0.25) is 0 Å². The third-order valence-corrected chi connectivity index (χ3v) is 2.84. The van der Waals surface area contributed by atoms with Gasteiger partial charge in [-0.25, -0.2) is 9.89 Å². The minimum Gasteiger partial charge on any atom is -0.393 e. The van der Waals surface area contributed by atoms with Gasteiger partial charge in [-0.1, -0.05) is 11.8 Å². The zero-order valence-electron chi connectivity index (χ0n) is 8.52. The van der Waals surface area contributed by atoms with Crippen molar-refractivity contribution in [3.8, 4) is 0 Å². The van der Waals surface area contributed by atoms with E-state index in [1.807, 2.05) is 13.8 Å². The van der Waals surface area contributed by atoms with Crippen molar-refractivity contribution in [2.75, 3.05) is 5.75 Å². The maximum absolute atomic E-state index is 11.3. The van der Waals surface area contributed by atoms with Crippen molar-refractivity contribution in [2.24, 2.45) is 0 Å². The highest BCUT2D eigenvalue weighted by Crippen LogP contribution is 2.17. The maximum Gasteiger partial charge on any atom is 0.344 e. The SMILES string of the molecule is CC(C)n1c(SC[C@@H](C)O)n[nH]c1=O. The van der Waals surface area contributed by atoms with Crippen molar-refractivity contribution in [3.05, 3.63) is 10.5 Å². The van der Waals surface area contributed by atoms with E-state index < -0.39 is 6.10 Å². The molecule has 14 heavy (non-hydrogen) atoms. The van der Waals surface area contributed by atoms with Gasteiger partial charge in [-0.3, -0.25) is 4.57 Å². The third kappa shape index (κ3) is 2.62. The van der Waals surface area contributed by atoms with Crippen LogP contribution in [-0.2, 0) is 0 Å². The van der Waals surface area contributed by atoms with Crippen LogP contribution in [-0.4, -0.2) is 31.7 Å². The third-order valence-electron chi connectivity index (χ3n) is 1.64. The normalized spacial score (nSPS) is 13.5. The summed E-state index contributed by atoms with van der Waals surface area (Å²) < 4.78 is 1.58. The highest BCUT2D eigenvalue weighted by atomic mass is 32.2. The molecule has 0 radical (unpaired) electrons. The Morgan fingerprint density at radius 1 is 1.57 bits per heavy atom. The van der Waals surface area contributed by atoms with E-state index in [0.29, 0.717) is 10.9 Å². The minimum atomic E-state index is -0.396. The first-order chi connectivity index (χ1) is 6.52. The van der Waals surface area contributed by atoms with Crippen LogP contribution in [0.4, 0.5) is 0 Å². The Kier molecular flexibility index (Phi) is 3.77. The molecule has 1 aromatic heterocycles. The standard InChI is InChI=1S/C8H15N3O2S/c1-5(2)11-7(13)9-10-8(11)14-4-6(3)12/h5-6,12H,4H2,1-3H3,(H,9,13)/t6-/m1/s1. The van der Waals surface area contributed by atoms with Gasteiger partial charge >= 0.3 is 5.69 Å². The molecule has 0 aliphatic heterocycles. The molecule has 2 N–H and O–H groups in total. The topological polar surface area (TPSA) is 70.9 Å². The molecule has 0 aliphatic rings. The van der Waals surface area contributed by atoms with Crippen molar-refractivity contribution in [2.45, 2.75) is 38.1 Å². The Hall–Kier alpha value is -0.750. The summed E-state index contributed by atoms with van der Waals surface area (Å²) in [6.45, 7) is 5.55. The summed E-state index contributed by atoms with van der Waals surface area (Å²) in [5, 5.41) is 16.0. The molecule has 0 spiro atoms. The molecule has 0 aromatic carbocycles. The molecular formula is C8H15N3O2S. The summed E-state index contributed by atoms with van der Waals surface area (Å²) in [6, 6.07) is 0.0812. The molecule has 0 amide bonds. The van der Waals surface area contributed by atoms with Crippen LogP contribution in [0.25, 0.3) is 0 Å². The molecule has 0 fully saturated rings. The number of aliphatic hydroxyl groups is 1. The Labute approximate surface area is 86.5 Å². The fourth-order valence-electron chi connectivity index (χ4n) is 1.04. The molecule has 0 aliphatic carbocycles. The number of hydrogen-bond acceptors (Lipinski definition) is 4. The average molecular weight is 217 g/mol. The van der Waals surface area contributed by atoms with Crippen LogP contribution in [0.15, 0.2) is 9.95 Å². The molecule has 1 atom stereocenters. The van der Waals surface area contributed by atoms with Gasteiger partial charge in [-0.2, -0.15) is 0 Å². The fourth-order valence-corrected chi connectivity index (χ4v) is 1.98. The van der Waals surface area contributed by atoms with Crippen molar-refractivity contribution in [3.63, 3.8) is 0 Å². The van der Waals surface area contributed by atoms with Crippen LogP contribution in [0.3, 0.4) is 0 Å². The first-order valence-corrected chi connectivity index (χ1v) is 5.48. The number of aromatic nitrogens is 3. The van der Waals surface area contributed by atoms with Crippen LogP contribution >= 0.6 is 11.8 Å². The van der Waals surface area contributed by atoms with Gasteiger partial charge < -0.3 is 5.11 Å². The Bertz CT molecular complexity index is 343. The van der Waals surface area contributed by atoms with E-state index in [1.54, 1.807) is 11.5 Å². The number of hydrogen-bond donors (Lipinski definition) is 2. The molecule has 0 unspecified atom stereocenters. The molecule has 80 valence electrons. The lowest BCUT2D eigenvalue weighted by molar-refractivity contribution is 0.220. The van der Waals surface area contributed by atoms with Gasteiger partial charge in [0.25, 0.3) is 0 Å². The maximum atomic E-state index is 11.3. The molecule has 1 rings (SSSR count). The summed E-state index contributed by atoms with van der Waals surface area (Å²) in [7, 11) is 0. The second kappa shape index (κ2) is 4.65. The largest absolute Gasteiger partial charge is 0.393 e. The summed E-state index contributed by atoms with van der Waals surface area (Å²) in [6.07, 6.45) is -0.396. The number of aliphatic hydroxyl groups excluding tert-OH is 1. The number of rotatable bonds is 4. The number of H-pyrrole nitrogens is 1. The fraction of sp³-hybridized carbons (Fsp3) is 0.750. The molecule has 0 bridgehead atoms. The van der Waals surface area contributed by atoms with Crippen LogP contribution in [0.1, 0.15) is 26.8 Å². The number of aromatic amines is 1. The first kappa shape index (κ1) is 11.3. The van der Waals surface area contributed by atoms with Gasteiger partial charge in [0, 0.05) is 11.8 Å². The highest BCUT2D eigenvalue weighted by molar-refractivity contribution is 7.99. The predicted molar refractivity (Wildman–Crippen MR) is 55.6 cm³/mol. The highest BCUT2D eigenvalue weighted by Gasteiger charge is 2.12. The van der Waals surface area contributed by atoms with E-state index in [4.69, 9.17) is 5.11 Å². The zero-order valence-corrected chi connectivity index (χ0v) is 9.34. The van der Waals surface area contributed by atoms with Gasteiger partial charge in [-0.05, 0) is 20.8 Å². The zero-order chi connectivity index (χ0) is 10.7. The minimum absolute atomic E-state index is 0.0812. The summed E-state index contributed by atoms with van der Waals surface area (Å²) in [5.74, 6) is 0.539. The van der Waals surface area contributed by atoms with Crippen LogP contribution < -0.4 is 5.69 Å². The molecule has 5 nitrogen and oxygen atoms in total. The molecule has 0 saturated carbocycles. The van der Waals surface area contributed by atoms with E-state index in [1.165, 1.54) is 11.8 Å². The molecule has 1 heterocycles. The summed E-state index contributed by atoms with van der Waals surface area (Å²) in [5.41, 5.74) is -0.201. The van der Waals surface area contributed by atoms with Crippen molar-refractivity contribution in [1.82, 2.24) is 14.8 Å². The smallest absolute Gasteiger partial charge is 0.344 e. The van der Waals surface area contributed by atoms with Crippen LogP contribution in [0.5, 0.6) is 0 Å². The molecule has 0 saturated heterocycles. The Morgan fingerprint density at radius 2 is 2.21 bits per heavy atom.